The SMILES string of the molecule is CCOC(=O)c1coc(-c2ccccc2C(F)(F)F)n1. The number of nitrogens with zero attached hydrogens (tertiary/aromatic N) is 1. The Kier molecular flexibility index (Phi) is 3.78. The summed E-state index contributed by atoms with van der Waals surface area (Å²) in [7, 11) is 0. The Balaban J connectivity index is 2.41. The van der Waals surface area contributed by atoms with Gasteiger partial charge in [0.2, 0.25) is 5.89 Å². The molecule has 2 aromatic rings. The van der Waals surface area contributed by atoms with Crippen LogP contribution in [0.15, 0.2) is 34.9 Å². The lowest BCUT2D eigenvalue weighted by atomic mass is 10.1. The molecule has 0 amide bonds. The van der Waals surface area contributed by atoms with Gasteiger partial charge in [0.05, 0.1) is 12.2 Å². The van der Waals surface area contributed by atoms with Crippen LogP contribution in [0.3, 0.4) is 0 Å². The van der Waals surface area contributed by atoms with Crippen LogP contribution >= 0.6 is 0 Å². The number of hydrogen-bond donors (Lipinski definition) is 0. The summed E-state index contributed by atoms with van der Waals surface area (Å²) in [6, 6.07) is 4.84. The van der Waals surface area contributed by atoms with Crippen LogP contribution in [0.25, 0.3) is 11.5 Å². The van der Waals surface area contributed by atoms with Crippen LogP contribution in [0.5, 0.6) is 0 Å². The van der Waals surface area contributed by atoms with Crippen molar-refractivity contribution in [2.75, 3.05) is 6.61 Å². The third-order valence-electron chi connectivity index (χ3n) is 2.45. The normalized spacial score (nSPS) is 11.4. The van der Waals surface area contributed by atoms with Gasteiger partial charge in [0.1, 0.15) is 6.26 Å². The molecule has 0 spiro atoms. The Hall–Kier alpha value is -2.31. The third kappa shape index (κ3) is 2.81. The Morgan fingerprint density at radius 3 is 2.70 bits per heavy atom. The lowest BCUT2D eigenvalue weighted by Gasteiger charge is -2.09. The van der Waals surface area contributed by atoms with Crippen molar-refractivity contribution in [3.63, 3.8) is 0 Å². The zero-order valence-electron chi connectivity index (χ0n) is 10.4. The van der Waals surface area contributed by atoms with Crippen LogP contribution in [-0.2, 0) is 10.9 Å². The van der Waals surface area contributed by atoms with Crippen LogP contribution in [0, 0.1) is 0 Å². The smallest absolute Gasteiger partial charge is 0.417 e. The minimum atomic E-state index is -4.53. The van der Waals surface area contributed by atoms with Gasteiger partial charge in [0.15, 0.2) is 5.69 Å². The Bertz CT molecular complexity index is 619. The van der Waals surface area contributed by atoms with Gasteiger partial charge in [-0.2, -0.15) is 13.2 Å². The van der Waals surface area contributed by atoms with Gasteiger partial charge in [0.25, 0.3) is 0 Å². The molecule has 0 radical (unpaired) electrons. The highest BCUT2D eigenvalue weighted by Crippen LogP contribution is 2.36. The summed E-state index contributed by atoms with van der Waals surface area (Å²) in [5.41, 5.74) is -1.27. The van der Waals surface area contributed by atoms with Crippen molar-refractivity contribution in [2.24, 2.45) is 0 Å². The molecule has 0 aliphatic carbocycles. The fourth-order valence-electron chi connectivity index (χ4n) is 1.61. The predicted octanol–water partition coefficient (Wildman–Crippen LogP) is 3.54. The van der Waals surface area contributed by atoms with Gasteiger partial charge in [-0.3, -0.25) is 0 Å². The highest BCUT2D eigenvalue weighted by atomic mass is 19.4. The third-order valence-corrected chi connectivity index (χ3v) is 2.45. The van der Waals surface area contributed by atoms with E-state index in [2.05, 4.69) is 4.98 Å². The molecule has 1 heterocycles. The minimum Gasteiger partial charge on any atom is -0.461 e. The second kappa shape index (κ2) is 5.36. The van der Waals surface area contributed by atoms with Crippen molar-refractivity contribution in [3.05, 3.63) is 41.8 Å². The van der Waals surface area contributed by atoms with E-state index in [-0.39, 0.29) is 23.8 Å². The fourth-order valence-corrected chi connectivity index (χ4v) is 1.61. The molecule has 7 heteroatoms. The van der Waals surface area contributed by atoms with E-state index in [1.54, 1.807) is 6.92 Å². The summed E-state index contributed by atoms with van der Waals surface area (Å²) in [5, 5.41) is 0. The monoisotopic (exact) mass is 285 g/mol. The van der Waals surface area contributed by atoms with Crippen molar-refractivity contribution in [1.82, 2.24) is 4.98 Å². The van der Waals surface area contributed by atoms with Gasteiger partial charge in [-0.25, -0.2) is 9.78 Å². The van der Waals surface area contributed by atoms with Crippen molar-refractivity contribution >= 4 is 5.97 Å². The van der Waals surface area contributed by atoms with Gasteiger partial charge in [-0.15, -0.1) is 0 Å². The number of hydrogen-bond acceptors (Lipinski definition) is 4. The summed E-state index contributed by atoms with van der Waals surface area (Å²) in [6.07, 6.45) is -3.56. The van der Waals surface area contributed by atoms with Gasteiger partial charge < -0.3 is 9.15 Å². The van der Waals surface area contributed by atoms with Gasteiger partial charge in [-0.05, 0) is 19.1 Å². The maximum absolute atomic E-state index is 12.9. The molecule has 0 saturated carbocycles. The largest absolute Gasteiger partial charge is 0.461 e. The van der Waals surface area contributed by atoms with Crippen LogP contribution in [-0.4, -0.2) is 17.6 Å². The number of rotatable bonds is 3. The molecule has 1 aromatic carbocycles. The summed E-state index contributed by atoms with van der Waals surface area (Å²) in [6.45, 7) is 1.75. The minimum absolute atomic E-state index is 0.139. The summed E-state index contributed by atoms with van der Waals surface area (Å²) >= 11 is 0. The first-order chi connectivity index (χ1) is 9.43. The lowest BCUT2D eigenvalue weighted by molar-refractivity contribution is -0.137. The van der Waals surface area contributed by atoms with Crippen molar-refractivity contribution in [3.8, 4) is 11.5 Å². The standard InChI is InChI=1S/C13H10F3NO3/c1-2-19-12(18)10-7-20-11(17-10)8-5-3-4-6-9(8)13(14,15)16/h3-7H,2H2,1H3. The molecular weight excluding hydrogens is 275 g/mol. The lowest BCUT2D eigenvalue weighted by Crippen LogP contribution is -2.07. The Morgan fingerprint density at radius 2 is 2.05 bits per heavy atom. The molecule has 0 bridgehead atoms. The fraction of sp³-hybridized carbons (Fsp3) is 0.231. The van der Waals surface area contributed by atoms with Crippen LogP contribution in [0.4, 0.5) is 13.2 Å². The van der Waals surface area contributed by atoms with Gasteiger partial charge >= 0.3 is 12.1 Å². The number of halogens is 3. The zero-order chi connectivity index (χ0) is 14.8. The first-order valence-corrected chi connectivity index (χ1v) is 5.72. The quantitative estimate of drug-likeness (QED) is 0.809. The van der Waals surface area contributed by atoms with Crippen LogP contribution in [0.1, 0.15) is 23.0 Å². The second-order valence-corrected chi connectivity index (χ2v) is 3.80. The molecule has 0 atom stereocenters. The highest BCUT2D eigenvalue weighted by molar-refractivity contribution is 5.87. The first-order valence-electron chi connectivity index (χ1n) is 5.72. The number of ether oxygens (including phenoxy) is 1. The Labute approximate surface area is 112 Å². The van der Waals surface area contributed by atoms with Crippen LogP contribution < -0.4 is 0 Å². The molecule has 0 aliphatic rings. The summed E-state index contributed by atoms with van der Waals surface area (Å²) in [4.78, 5) is 15.1. The Morgan fingerprint density at radius 1 is 1.35 bits per heavy atom. The molecule has 0 fully saturated rings. The number of oxazole rings is 1. The van der Waals surface area contributed by atoms with E-state index in [1.165, 1.54) is 18.2 Å². The number of esters is 1. The van der Waals surface area contributed by atoms with E-state index in [0.717, 1.165) is 12.3 Å². The van der Waals surface area contributed by atoms with E-state index in [4.69, 9.17) is 9.15 Å². The van der Waals surface area contributed by atoms with E-state index in [1.807, 2.05) is 0 Å². The van der Waals surface area contributed by atoms with Crippen molar-refractivity contribution in [1.29, 1.82) is 0 Å². The number of alkyl halides is 3. The summed E-state index contributed by atoms with van der Waals surface area (Å²) in [5.74, 6) is -1.02. The average Bonchev–Trinajstić information content (AvgIpc) is 2.87. The second-order valence-electron chi connectivity index (χ2n) is 3.80. The number of carbonyl (C=O) groups is 1. The van der Waals surface area contributed by atoms with E-state index >= 15 is 0 Å². The molecular formula is C13H10F3NO3. The highest BCUT2D eigenvalue weighted by Gasteiger charge is 2.34. The predicted molar refractivity (Wildman–Crippen MR) is 62.9 cm³/mol. The molecule has 106 valence electrons. The molecule has 0 N–H and O–H groups in total. The van der Waals surface area contributed by atoms with E-state index in [0.29, 0.717) is 0 Å². The van der Waals surface area contributed by atoms with E-state index in [9.17, 15) is 18.0 Å². The number of benzene rings is 1. The maximum atomic E-state index is 12.9. The molecule has 20 heavy (non-hydrogen) atoms. The molecule has 0 saturated heterocycles. The molecule has 1 aromatic heterocycles. The maximum Gasteiger partial charge on any atom is 0.417 e. The van der Waals surface area contributed by atoms with Gasteiger partial charge in [0, 0.05) is 5.56 Å². The summed E-state index contributed by atoms with van der Waals surface area (Å²) < 4.78 is 48.2. The molecule has 0 aliphatic heterocycles. The molecule has 2 rings (SSSR count). The van der Waals surface area contributed by atoms with Crippen molar-refractivity contribution < 1.29 is 27.1 Å². The van der Waals surface area contributed by atoms with Crippen molar-refractivity contribution in [2.45, 2.75) is 13.1 Å². The number of carbonyl (C=O) groups excluding carboxylic acids is 1. The van der Waals surface area contributed by atoms with Crippen LogP contribution in [0.2, 0.25) is 0 Å². The number of aromatic nitrogens is 1. The average molecular weight is 285 g/mol. The topological polar surface area (TPSA) is 52.3 Å². The van der Waals surface area contributed by atoms with Gasteiger partial charge in [-0.1, -0.05) is 12.1 Å². The first kappa shape index (κ1) is 14.1. The van der Waals surface area contributed by atoms with E-state index < -0.39 is 17.7 Å². The molecule has 0 unspecified atom stereocenters. The zero-order valence-corrected chi connectivity index (χ0v) is 10.4. The molecule has 4 nitrogen and oxygen atoms in total.